The van der Waals surface area contributed by atoms with Gasteiger partial charge in [0.2, 0.25) is 0 Å². The molecular formula is C22H41F5O2. The minimum atomic E-state index is -3.39. The monoisotopic (exact) mass is 432 g/mol. The Bertz CT molecular complexity index is 475. The molecule has 0 aromatic rings. The van der Waals surface area contributed by atoms with Gasteiger partial charge in [-0.2, -0.15) is 8.78 Å². The lowest BCUT2D eigenvalue weighted by atomic mass is 9.75. The zero-order valence-corrected chi connectivity index (χ0v) is 17.4. The molecule has 0 amide bonds. The Hall–Kier alpha value is -0.430. The lowest BCUT2D eigenvalue weighted by molar-refractivity contribution is -0.306. The van der Waals surface area contributed by atoms with Gasteiger partial charge in [-0.25, -0.2) is 13.2 Å². The number of ether oxygens (including phenoxy) is 1. The molecule has 2 N–H and O–H groups in total. The van der Waals surface area contributed by atoms with Gasteiger partial charge in [-0.05, 0) is 43.4 Å². The highest BCUT2D eigenvalue weighted by Crippen LogP contribution is 2.43. The number of alkyl halides is 5. The predicted octanol–water partition coefficient (Wildman–Crippen LogP) is 6.85. The highest BCUT2D eigenvalue weighted by molar-refractivity contribution is 4.89. The van der Waals surface area contributed by atoms with Crippen LogP contribution in [0.1, 0.15) is 86.8 Å². The van der Waals surface area contributed by atoms with Crippen molar-refractivity contribution in [2.45, 2.75) is 115 Å². The van der Waals surface area contributed by atoms with Crippen LogP contribution in [-0.2, 0) is 4.74 Å². The molecule has 0 spiro atoms. The van der Waals surface area contributed by atoms with Crippen LogP contribution in [0.2, 0.25) is 0 Å². The summed E-state index contributed by atoms with van der Waals surface area (Å²) in [6.45, 7) is 2.31. The van der Waals surface area contributed by atoms with Crippen molar-refractivity contribution in [3.8, 4) is 0 Å². The van der Waals surface area contributed by atoms with Crippen LogP contribution < -0.4 is 0 Å². The minimum Gasteiger partial charge on any atom is -0.412 e. The van der Waals surface area contributed by atoms with E-state index in [4.69, 9.17) is 4.74 Å². The first-order chi connectivity index (χ1) is 13.2. The van der Waals surface area contributed by atoms with Crippen molar-refractivity contribution in [3.63, 3.8) is 0 Å². The smallest absolute Gasteiger partial charge is 0.358 e. The molecule has 0 aromatic heterocycles. The standard InChI is InChI=1S/C22H35F5O.H2O.2H2/c1-14-2-4-15(5-3-14)6-7-16-8-10-17(11-9-16)22(26,27)28-18-12-19(23)21(25)20(24)13-18;;;/h14-21H,2-13H2,1H3;1H2;2*1H. The summed E-state index contributed by atoms with van der Waals surface area (Å²) in [5.41, 5.74) is 0. The number of rotatable bonds is 6. The third-order valence-electron chi connectivity index (χ3n) is 7.43. The first-order valence-corrected chi connectivity index (χ1v) is 11.2. The summed E-state index contributed by atoms with van der Waals surface area (Å²) >= 11 is 0. The van der Waals surface area contributed by atoms with Crippen molar-refractivity contribution >= 4 is 0 Å². The van der Waals surface area contributed by atoms with Gasteiger partial charge in [-0.15, -0.1) is 0 Å². The molecule has 0 radical (unpaired) electrons. The predicted molar refractivity (Wildman–Crippen MR) is 107 cm³/mol. The molecule has 0 heterocycles. The van der Waals surface area contributed by atoms with Crippen molar-refractivity contribution in [3.05, 3.63) is 0 Å². The molecule has 3 aliphatic rings. The first kappa shape index (κ1) is 24.8. The molecule has 0 saturated heterocycles. The fraction of sp³-hybridized carbons (Fsp3) is 1.00. The molecule has 2 unspecified atom stereocenters. The molecule has 3 aliphatic carbocycles. The zero-order valence-electron chi connectivity index (χ0n) is 17.4. The molecular weight excluding hydrogens is 391 g/mol. The summed E-state index contributed by atoms with van der Waals surface area (Å²) in [5, 5.41) is 0. The Morgan fingerprint density at radius 1 is 0.793 bits per heavy atom. The largest absolute Gasteiger partial charge is 0.412 e. The van der Waals surface area contributed by atoms with E-state index >= 15 is 0 Å². The minimum absolute atomic E-state index is 0. The topological polar surface area (TPSA) is 40.7 Å². The van der Waals surface area contributed by atoms with E-state index < -0.39 is 49.5 Å². The van der Waals surface area contributed by atoms with E-state index in [1.54, 1.807) is 0 Å². The van der Waals surface area contributed by atoms with E-state index in [0.29, 0.717) is 18.8 Å². The van der Waals surface area contributed by atoms with Crippen LogP contribution in [0.4, 0.5) is 22.0 Å². The van der Waals surface area contributed by atoms with E-state index in [-0.39, 0.29) is 8.33 Å². The Balaban J connectivity index is 0.00000300. The maximum Gasteiger partial charge on any atom is 0.358 e. The van der Waals surface area contributed by atoms with Crippen LogP contribution in [0.3, 0.4) is 0 Å². The quantitative estimate of drug-likeness (QED) is 0.423. The first-order valence-electron chi connectivity index (χ1n) is 11.2. The van der Waals surface area contributed by atoms with Gasteiger partial charge in [0.15, 0.2) is 6.17 Å². The van der Waals surface area contributed by atoms with Crippen LogP contribution in [0.15, 0.2) is 0 Å². The molecule has 2 atom stereocenters. The average Bonchev–Trinajstić information content (AvgIpc) is 2.65. The summed E-state index contributed by atoms with van der Waals surface area (Å²) in [4.78, 5) is 0. The summed E-state index contributed by atoms with van der Waals surface area (Å²) in [5.74, 6) is 1.23. The number of hydrogen-bond acceptors (Lipinski definition) is 1. The van der Waals surface area contributed by atoms with Crippen molar-refractivity contribution in [2.24, 2.45) is 23.7 Å². The molecule has 0 bridgehead atoms. The molecule has 176 valence electrons. The summed E-state index contributed by atoms with van der Waals surface area (Å²) in [6, 6.07) is 0. The van der Waals surface area contributed by atoms with E-state index in [1.165, 1.54) is 32.1 Å². The lowest BCUT2D eigenvalue weighted by Crippen LogP contribution is -2.45. The van der Waals surface area contributed by atoms with Gasteiger partial charge in [0.25, 0.3) is 0 Å². The number of halogens is 5. The zero-order chi connectivity index (χ0) is 20.3. The van der Waals surface area contributed by atoms with Crippen LogP contribution >= 0.6 is 0 Å². The van der Waals surface area contributed by atoms with E-state index in [1.807, 2.05) is 0 Å². The average molecular weight is 433 g/mol. The maximum absolute atomic E-state index is 14.5. The second-order valence-corrected chi connectivity index (χ2v) is 9.67. The van der Waals surface area contributed by atoms with Gasteiger partial charge in [-0.1, -0.05) is 45.4 Å². The summed E-state index contributed by atoms with van der Waals surface area (Å²) in [6.07, 6.45) is -2.14. The van der Waals surface area contributed by atoms with Gasteiger partial charge in [0, 0.05) is 15.7 Å². The van der Waals surface area contributed by atoms with E-state index in [9.17, 15) is 22.0 Å². The molecule has 0 aromatic carbocycles. The second-order valence-electron chi connectivity index (χ2n) is 9.67. The highest BCUT2D eigenvalue weighted by Gasteiger charge is 2.48. The van der Waals surface area contributed by atoms with E-state index in [2.05, 4.69) is 6.92 Å². The molecule has 3 saturated carbocycles. The SMILES string of the molecule is CC1CCC(CCC2CCC(C(F)(F)OC3CC(F)C(F)C(F)C3)CC2)CC1.O.[HH].[HH]. The van der Waals surface area contributed by atoms with Gasteiger partial charge >= 0.3 is 6.11 Å². The normalized spacial score (nSPS) is 41.6. The van der Waals surface area contributed by atoms with Gasteiger partial charge in [0.05, 0.1) is 12.0 Å². The van der Waals surface area contributed by atoms with Gasteiger partial charge in [0.1, 0.15) is 12.3 Å². The molecule has 7 heteroatoms. The summed E-state index contributed by atoms with van der Waals surface area (Å²) < 4.78 is 74.0. The lowest BCUT2D eigenvalue weighted by Gasteiger charge is -2.37. The van der Waals surface area contributed by atoms with Crippen molar-refractivity contribution in [2.75, 3.05) is 0 Å². The van der Waals surface area contributed by atoms with Crippen molar-refractivity contribution < 1.29 is 35.0 Å². The van der Waals surface area contributed by atoms with Crippen molar-refractivity contribution in [1.29, 1.82) is 0 Å². The Labute approximate surface area is 174 Å². The molecule has 0 aliphatic heterocycles. The molecule has 3 fully saturated rings. The molecule has 2 nitrogen and oxygen atoms in total. The highest BCUT2D eigenvalue weighted by atomic mass is 19.3. The Morgan fingerprint density at radius 2 is 1.24 bits per heavy atom. The van der Waals surface area contributed by atoms with Crippen LogP contribution in [0.5, 0.6) is 0 Å². The van der Waals surface area contributed by atoms with Crippen LogP contribution in [0, 0.1) is 23.7 Å². The van der Waals surface area contributed by atoms with E-state index in [0.717, 1.165) is 31.1 Å². The van der Waals surface area contributed by atoms with Crippen molar-refractivity contribution in [1.82, 2.24) is 0 Å². The second kappa shape index (κ2) is 10.7. The molecule has 3 rings (SSSR count). The summed E-state index contributed by atoms with van der Waals surface area (Å²) in [7, 11) is 0. The van der Waals surface area contributed by atoms with Gasteiger partial charge < -0.3 is 10.2 Å². The molecule has 29 heavy (non-hydrogen) atoms. The van der Waals surface area contributed by atoms with Gasteiger partial charge in [-0.3, -0.25) is 0 Å². The number of hydrogen-bond donors (Lipinski definition) is 0. The fourth-order valence-corrected chi connectivity index (χ4v) is 5.38. The third-order valence-corrected chi connectivity index (χ3v) is 7.43. The Kier molecular flexibility index (Phi) is 9.20. The van der Waals surface area contributed by atoms with Crippen LogP contribution in [0.25, 0.3) is 0 Å². The Morgan fingerprint density at radius 3 is 1.72 bits per heavy atom. The fourth-order valence-electron chi connectivity index (χ4n) is 5.38. The third kappa shape index (κ3) is 6.78. The van der Waals surface area contributed by atoms with Crippen LogP contribution in [-0.4, -0.2) is 36.2 Å². The maximum atomic E-state index is 14.5.